The van der Waals surface area contributed by atoms with Gasteiger partial charge in [0, 0.05) is 12.7 Å². The Kier molecular flexibility index (Phi) is 6.18. The lowest BCUT2D eigenvalue weighted by Crippen LogP contribution is -2.32. The molecule has 0 atom stereocenters. The van der Waals surface area contributed by atoms with E-state index in [2.05, 4.69) is 22.2 Å². The third-order valence-corrected chi connectivity index (χ3v) is 2.14. The van der Waals surface area contributed by atoms with Gasteiger partial charge in [-0.1, -0.05) is 12.2 Å². The summed E-state index contributed by atoms with van der Waals surface area (Å²) in [6.45, 7) is 6.62. The van der Waals surface area contributed by atoms with Crippen molar-refractivity contribution in [1.29, 1.82) is 0 Å². The lowest BCUT2D eigenvalue weighted by atomic mass is 10.3. The van der Waals surface area contributed by atoms with Crippen molar-refractivity contribution in [2.75, 3.05) is 25.1 Å². The second-order valence-electron chi connectivity index (χ2n) is 4.10. The number of aromatic carboxylic acids is 1. The summed E-state index contributed by atoms with van der Waals surface area (Å²) in [7, 11) is 0. The summed E-state index contributed by atoms with van der Waals surface area (Å²) in [5.74, 6) is -1.20. The van der Waals surface area contributed by atoms with Gasteiger partial charge < -0.3 is 20.5 Å². The topological polar surface area (TPSA) is 101 Å². The van der Waals surface area contributed by atoms with Crippen LogP contribution in [0.3, 0.4) is 0 Å². The number of carboxylic acid groups (broad SMARTS) is 1. The Morgan fingerprint density at radius 2 is 2.25 bits per heavy atom. The zero-order chi connectivity index (χ0) is 15.0. The van der Waals surface area contributed by atoms with E-state index in [1.54, 1.807) is 0 Å². The van der Waals surface area contributed by atoms with Crippen LogP contribution in [0.25, 0.3) is 0 Å². The number of hydrogen-bond acceptors (Lipinski definition) is 4. The molecule has 0 fully saturated rings. The second-order valence-corrected chi connectivity index (χ2v) is 4.10. The number of carbonyl (C=O) groups excluding carboxylic acids is 1. The molecule has 1 heterocycles. The van der Waals surface area contributed by atoms with E-state index in [4.69, 9.17) is 9.84 Å². The smallest absolute Gasteiger partial charge is 0.356 e. The third kappa shape index (κ3) is 5.49. The monoisotopic (exact) mass is 279 g/mol. The normalized spacial score (nSPS) is 9.85. The zero-order valence-corrected chi connectivity index (χ0v) is 11.2. The van der Waals surface area contributed by atoms with Crippen LogP contribution in [-0.4, -0.2) is 41.8 Å². The molecule has 0 aliphatic rings. The first-order valence-electron chi connectivity index (χ1n) is 5.96. The van der Waals surface area contributed by atoms with Crippen LogP contribution in [0, 0.1) is 0 Å². The first-order chi connectivity index (χ1) is 9.50. The lowest BCUT2D eigenvalue weighted by molar-refractivity contribution is 0.0691. The fraction of sp³-hybridized carbons (Fsp3) is 0.308. The highest BCUT2D eigenvalue weighted by atomic mass is 16.5. The minimum Gasteiger partial charge on any atom is -0.476 e. The number of amides is 2. The van der Waals surface area contributed by atoms with Crippen LogP contribution in [-0.2, 0) is 4.74 Å². The predicted octanol–water partition coefficient (Wildman–Crippen LogP) is 1.49. The van der Waals surface area contributed by atoms with Crippen LogP contribution in [0.5, 0.6) is 0 Å². The van der Waals surface area contributed by atoms with E-state index < -0.39 is 12.0 Å². The molecular formula is C13H17N3O4. The number of aromatic nitrogens is 1. The molecule has 1 aromatic heterocycles. The Hall–Kier alpha value is -2.41. The van der Waals surface area contributed by atoms with Gasteiger partial charge in [-0.3, -0.25) is 0 Å². The van der Waals surface area contributed by atoms with Gasteiger partial charge in [0.1, 0.15) is 0 Å². The number of carboxylic acids is 1. The lowest BCUT2D eigenvalue weighted by Gasteiger charge is -2.09. The highest BCUT2D eigenvalue weighted by Gasteiger charge is 2.12. The Labute approximate surface area is 116 Å². The summed E-state index contributed by atoms with van der Waals surface area (Å²) in [6, 6.07) is 2.49. The van der Waals surface area contributed by atoms with Crippen molar-refractivity contribution in [2.24, 2.45) is 0 Å². The second kappa shape index (κ2) is 7.90. The fourth-order valence-corrected chi connectivity index (χ4v) is 1.33. The molecule has 0 unspecified atom stereocenters. The maximum Gasteiger partial charge on any atom is 0.356 e. The average Bonchev–Trinajstić information content (AvgIpc) is 2.38. The van der Waals surface area contributed by atoms with E-state index in [1.807, 2.05) is 6.92 Å². The number of urea groups is 1. The minimum atomic E-state index is -1.20. The van der Waals surface area contributed by atoms with Crippen LogP contribution in [0.2, 0.25) is 0 Å². The quantitative estimate of drug-likeness (QED) is 0.518. The molecule has 20 heavy (non-hydrogen) atoms. The molecule has 7 nitrogen and oxygen atoms in total. The van der Waals surface area contributed by atoms with E-state index in [9.17, 15) is 9.59 Å². The molecule has 0 spiro atoms. The Morgan fingerprint density at radius 3 is 2.90 bits per heavy atom. The van der Waals surface area contributed by atoms with Crippen molar-refractivity contribution in [2.45, 2.75) is 6.92 Å². The number of ether oxygens (including phenoxy) is 1. The molecule has 0 aromatic carbocycles. The van der Waals surface area contributed by atoms with E-state index in [1.165, 1.54) is 18.3 Å². The molecule has 0 saturated heterocycles. The van der Waals surface area contributed by atoms with E-state index in [0.717, 1.165) is 5.57 Å². The van der Waals surface area contributed by atoms with E-state index in [0.29, 0.717) is 19.8 Å². The van der Waals surface area contributed by atoms with Crippen LogP contribution in [0.1, 0.15) is 17.4 Å². The van der Waals surface area contributed by atoms with Crippen LogP contribution >= 0.6 is 0 Å². The largest absolute Gasteiger partial charge is 0.476 e. The number of nitrogens with zero attached hydrogens (tertiary/aromatic N) is 1. The minimum absolute atomic E-state index is 0.139. The summed E-state index contributed by atoms with van der Waals surface area (Å²) in [5.41, 5.74) is 0.831. The van der Waals surface area contributed by atoms with Gasteiger partial charge in [0.2, 0.25) is 0 Å². The summed E-state index contributed by atoms with van der Waals surface area (Å²) < 4.78 is 5.21. The molecule has 0 aliphatic carbocycles. The van der Waals surface area contributed by atoms with Crippen molar-refractivity contribution in [3.05, 3.63) is 36.2 Å². The van der Waals surface area contributed by atoms with E-state index in [-0.39, 0.29) is 11.4 Å². The van der Waals surface area contributed by atoms with Crippen molar-refractivity contribution >= 4 is 17.7 Å². The molecule has 1 aromatic rings. The third-order valence-electron chi connectivity index (χ3n) is 2.14. The highest BCUT2D eigenvalue weighted by molar-refractivity contribution is 5.98. The Bertz CT molecular complexity index is 502. The van der Waals surface area contributed by atoms with Gasteiger partial charge in [-0.05, 0) is 19.1 Å². The summed E-state index contributed by atoms with van der Waals surface area (Å²) in [4.78, 5) is 26.2. The van der Waals surface area contributed by atoms with Gasteiger partial charge in [-0.25, -0.2) is 14.6 Å². The SMILES string of the molecule is C=C(C)COCCNC(=O)Nc1cccnc1C(=O)O. The van der Waals surface area contributed by atoms with Gasteiger partial charge in [0.05, 0.1) is 18.9 Å². The number of anilines is 1. The summed E-state index contributed by atoms with van der Waals surface area (Å²) in [5, 5.41) is 13.9. The van der Waals surface area contributed by atoms with Crippen LogP contribution in [0.4, 0.5) is 10.5 Å². The molecular weight excluding hydrogens is 262 g/mol. The molecule has 0 radical (unpaired) electrons. The van der Waals surface area contributed by atoms with Crippen molar-refractivity contribution in [3.63, 3.8) is 0 Å². The number of nitrogens with one attached hydrogen (secondary N) is 2. The predicted molar refractivity (Wildman–Crippen MR) is 73.9 cm³/mol. The zero-order valence-electron chi connectivity index (χ0n) is 11.2. The fourth-order valence-electron chi connectivity index (χ4n) is 1.33. The van der Waals surface area contributed by atoms with Crippen LogP contribution < -0.4 is 10.6 Å². The van der Waals surface area contributed by atoms with Gasteiger partial charge >= 0.3 is 12.0 Å². The standard InChI is InChI=1S/C13H17N3O4/c1-9(2)8-20-7-6-15-13(19)16-10-4-3-5-14-11(10)12(17)18/h3-5H,1,6-8H2,2H3,(H,17,18)(H2,15,16,19). The first-order valence-corrected chi connectivity index (χ1v) is 5.96. The number of hydrogen-bond donors (Lipinski definition) is 3. The number of rotatable bonds is 7. The molecule has 1 rings (SSSR count). The molecule has 0 saturated carbocycles. The Balaban J connectivity index is 2.39. The first kappa shape index (κ1) is 15.6. The maximum atomic E-state index is 11.6. The van der Waals surface area contributed by atoms with Gasteiger partial charge in [0.25, 0.3) is 0 Å². The molecule has 108 valence electrons. The maximum absolute atomic E-state index is 11.6. The summed E-state index contributed by atoms with van der Waals surface area (Å²) >= 11 is 0. The average molecular weight is 279 g/mol. The Morgan fingerprint density at radius 1 is 1.50 bits per heavy atom. The van der Waals surface area contributed by atoms with Crippen molar-refractivity contribution in [3.8, 4) is 0 Å². The van der Waals surface area contributed by atoms with Crippen molar-refractivity contribution in [1.82, 2.24) is 10.3 Å². The summed E-state index contributed by atoms with van der Waals surface area (Å²) in [6.07, 6.45) is 1.35. The van der Waals surface area contributed by atoms with Gasteiger partial charge in [-0.2, -0.15) is 0 Å². The molecule has 7 heteroatoms. The highest BCUT2D eigenvalue weighted by Crippen LogP contribution is 2.11. The molecule has 2 amide bonds. The van der Waals surface area contributed by atoms with Gasteiger partial charge in [-0.15, -0.1) is 0 Å². The molecule has 0 bridgehead atoms. The number of pyridine rings is 1. The van der Waals surface area contributed by atoms with Crippen LogP contribution in [0.15, 0.2) is 30.5 Å². The molecule has 0 aliphatic heterocycles. The molecule has 3 N–H and O–H groups in total. The number of carbonyl (C=O) groups is 2. The van der Waals surface area contributed by atoms with Crippen molar-refractivity contribution < 1.29 is 19.4 Å². The van der Waals surface area contributed by atoms with E-state index >= 15 is 0 Å². The van der Waals surface area contributed by atoms with Gasteiger partial charge in [0.15, 0.2) is 5.69 Å².